The van der Waals surface area contributed by atoms with Gasteiger partial charge in [-0.15, -0.1) is 0 Å². The molecule has 0 spiro atoms. The highest BCUT2D eigenvalue weighted by molar-refractivity contribution is 5.92. The van der Waals surface area contributed by atoms with Gasteiger partial charge in [-0.25, -0.2) is 0 Å². The second-order valence-electron chi connectivity index (χ2n) is 8.66. The van der Waals surface area contributed by atoms with Crippen molar-refractivity contribution in [1.29, 1.82) is 0 Å². The third-order valence-electron chi connectivity index (χ3n) is 5.53. The summed E-state index contributed by atoms with van der Waals surface area (Å²) in [5, 5.41) is 7.77. The molecule has 0 aromatic heterocycles. The summed E-state index contributed by atoms with van der Waals surface area (Å²) in [7, 11) is 0. The van der Waals surface area contributed by atoms with E-state index in [2.05, 4.69) is 16.0 Å². The molecule has 35 heavy (non-hydrogen) atoms. The van der Waals surface area contributed by atoms with Gasteiger partial charge in [-0.3, -0.25) is 24.0 Å². The van der Waals surface area contributed by atoms with Crippen molar-refractivity contribution in [3.8, 4) is 0 Å². The summed E-state index contributed by atoms with van der Waals surface area (Å²) in [6.07, 6.45) is -0.171. The van der Waals surface area contributed by atoms with E-state index in [9.17, 15) is 24.0 Å². The van der Waals surface area contributed by atoms with Crippen molar-refractivity contribution in [3.05, 3.63) is 35.9 Å². The number of amides is 4. The molecular formula is C24H34N4O7. The van der Waals surface area contributed by atoms with Crippen molar-refractivity contribution in [2.75, 3.05) is 6.61 Å². The first-order chi connectivity index (χ1) is 16.6. The lowest BCUT2D eigenvalue weighted by Gasteiger charge is -2.21. The molecule has 0 saturated heterocycles. The number of nitrogens with two attached hydrogens (primary N) is 1. The van der Waals surface area contributed by atoms with Crippen molar-refractivity contribution in [1.82, 2.24) is 16.0 Å². The number of carbonyl (C=O) groups is 5. The quantitative estimate of drug-likeness (QED) is 0.265. The van der Waals surface area contributed by atoms with Crippen LogP contribution in [0.25, 0.3) is 0 Å². The van der Waals surface area contributed by atoms with Gasteiger partial charge in [-0.2, -0.15) is 0 Å². The highest BCUT2D eigenvalue weighted by Gasteiger charge is 2.38. The number of hydrogen-bond donors (Lipinski definition) is 4. The molecule has 0 heterocycles. The largest absolute Gasteiger partial charge is 0.461 e. The number of primary amides is 1. The van der Waals surface area contributed by atoms with Crippen LogP contribution in [0.1, 0.15) is 45.6 Å². The van der Waals surface area contributed by atoms with Gasteiger partial charge >= 0.3 is 5.97 Å². The Morgan fingerprint density at radius 3 is 2.37 bits per heavy atom. The summed E-state index contributed by atoms with van der Waals surface area (Å²) >= 11 is 0. The molecular weight excluding hydrogens is 456 g/mol. The normalized spacial score (nSPS) is 18.9. The van der Waals surface area contributed by atoms with Crippen molar-refractivity contribution < 1.29 is 33.4 Å². The maximum atomic E-state index is 12.5. The van der Waals surface area contributed by atoms with E-state index in [1.54, 1.807) is 6.92 Å². The van der Waals surface area contributed by atoms with E-state index in [4.69, 9.17) is 15.2 Å². The first-order valence-electron chi connectivity index (χ1n) is 11.5. The molecule has 0 aliphatic heterocycles. The average Bonchev–Trinajstić information content (AvgIpc) is 3.55. The third kappa shape index (κ3) is 10.1. The lowest BCUT2D eigenvalue weighted by atomic mass is 10.1. The third-order valence-corrected chi connectivity index (χ3v) is 5.53. The summed E-state index contributed by atoms with van der Waals surface area (Å²) < 4.78 is 10.7. The number of carbonyl (C=O) groups excluding carboxylic acids is 5. The minimum absolute atomic E-state index is 0.0360. The molecule has 0 radical (unpaired) electrons. The molecule has 4 amide bonds. The number of esters is 1. The van der Waals surface area contributed by atoms with Gasteiger partial charge in [0.25, 0.3) is 0 Å². The van der Waals surface area contributed by atoms with Gasteiger partial charge in [-0.1, -0.05) is 30.3 Å². The van der Waals surface area contributed by atoms with E-state index in [1.165, 1.54) is 13.8 Å². The Labute approximate surface area is 204 Å². The molecule has 11 nitrogen and oxygen atoms in total. The van der Waals surface area contributed by atoms with E-state index in [1.807, 2.05) is 30.3 Å². The predicted molar refractivity (Wildman–Crippen MR) is 125 cm³/mol. The van der Waals surface area contributed by atoms with Crippen LogP contribution in [0.4, 0.5) is 0 Å². The van der Waals surface area contributed by atoms with Gasteiger partial charge in [0.05, 0.1) is 6.61 Å². The summed E-state index contributed by atoms with van der Waals surface area (Å²) in [4.78, 5) is 59.6. The smallest absolute Gasteiger partial charge is 0.306 e. The minimum Gasteiger partial charge on any atom is -0.461 e. The Balaban J connectivity index is 1.71. The van der Waals surface area contributed by atoms with Crippen molar-refractivity contribution in [2.45, 2.75) is 70.9 Å². The number of nitrogens with one attached hydrogen (secondary N) is 3. The monoisotopic (exact) mass is 490 g/mol. The van der Waals surface area contributed by atoms with E-state index >= 15 is 0 Å². The van der Waals surface area contributed by atoms with Crippen LogP contribution < -0.4 is 21.7 Å². The van der Waals surface area contributed by atoms with Crippen LogP contribution in [0.3, 0.4) is 0 Å². The molecule has 1 saturated carbocycles. The van der Waals surface area contributed by atoms with Crippen molar-refractivity contribution >= 4 is 29.6 Å². The summed E-state index contributed by atoms with van der Waals surface area (Å²) in [6.45, 7) is 4.87. The first kappa shape index (κ1) is 27.8. The number of rotatable bonds is 14. The molecule has 1 aliphatic carbocycles. The topological polar surface area (TPSA) is 166 Å². The molecule has 1 aromatic rings. The predicted octanol–water partition coefficient (Wildman–Crippen LogP) is -0.0855. The fraction of sp³-hybridized carbons (Fsp3) is 0.542. The maximum Gasteiger partial charge on any atom is 0.306 e. The standard InChI is InChI=1S/C24H34N4O7/c1-14(26-24(33)15(2)34-13-18-11-20(18)27-16(3)29)23(32)28-19(22(25)31)9-10-21(30)35-12-17-7-5-4-6-8-17/h4-8,14-15,18-20H,9-13H2,1-3H3,(H2,25,31)(H,26,33)(H,27,29)(H,28,32)/t14-,15+,18?,19+,20?/m0/s1. The highest BCUT2D eigenvalue weighted by Crippen LogP contribution is 2.30. The van der Waals surface area contributed by atoms with Crippen LogP contribution >= 0.6 is 0 Å². The van der Waals surface area contributed by atoms with Gasteiger partial charge in [0.2, 0.25) is 23.6 Å². The average molecular weight is 491 g/mol. The van der Waals surface area contributed by atoms with Gasteiger partial charge in [0, 0.05) is 25.3 Å². The lowest BCUT2D eigenvalue weighted by Crippen LogP contribution is -2.53. The van der Waals surface area contributed by atoms with Gasteiger partial charge in [0.1, 0.15) is 24.8 Å². The SMILES string of the molecule is CC(=O)NC1CC1CO[C@H](C)C(=O)N[C@@H](C)C(=O)N[C@H](CCC(=O)OCc1ccccc1)C(N)=O. The number of hydrogen-bond acceptors (Lipinski definition) is 7. The van der Waals surface area contributed by atoms with Crippen molar-refractivity contribution in [2.24, 2.45) is 11.7 Å². The van der Waals surface area contributed by atoms with Crippen LogP contribution in [-0.2, 0) is 40.1 Å². The zero-order valence-electron chi connectivity index (χ0n) is 20.2. The Kier molecular flexibility index (Phi) is 10.7. The van der Waals surface area contributed by atoms with Crippen LogP contribution in [0.5, 0.6) is 0 Å². The Hall–Kier alpha value is -3.47. The number of ether oxygens (including phenoxy) is 2. The summed E-state index contributed by atoms with van der Waals surface area (Å²) in [5.74, 6) is -2.41. The lowest BCUT2D eigenvalue weighted by molar-refractivity contribution is -0.145. The van der Waals surface area contributed by atoms with Gasteiger partial charge in [0.15, 0.2) is 0 Å². The van der Waals surface area contributed by atoms with Crippen LogP contribution in [0.15, 0.2) is 30.3 Å². The Bertz CT molecular complexity index is 908. The van der Waals surface area contributed by atoms with Crippen molar-refractivity contribution in [3.63, 3.8) is 0 Å². The highest BCUT2D eigenvalue weighted by atomic mass is 16.5. The molecule has 1 aliphatic rings. The summed E-state index contributed by atoms with van der Waals surface area (Å²) in [6, 6.07) is 7.13. The van der Waals surface area contributed by atoms with E-state index in [0.29, 0.717) is 6.61 Å². The van der Waals surface area contributed by atoms with Crippen LogP contribution in [0.2, 0.25) is 0 Å². The second kappa shape index (κ2) is 13.4. The van der Waals surface area contributed by atoms with E-state index in [0.717, 1.165) is 12.0 Å². The molecule has 5 N–H and O–H groups in total. The first-order valence-corrected chi connectivity index (χ1v) is 11.5. The summed E-state index contributed by atoms with van der Waals surface area (Å²) in [5.41, 5.74) is 6.19. The zero-order chi connectivity index (χ0) is 26.0. The Morgan fingerprint density at radius 2 is 1.74 bits per heavy atom. The molecule has 0 bridgehead atoms. The fourth-order valence-corrected chi connectivity index (χ4v) is 3.26. The van der Waals surface area contributed by atoms with Gasteiger partial charge in [-0.05, 0) is 32.3 Å². The Morgan fingerprint density at radius 1 is 1.06 bits per heavy atom. The maximum absolute atomic E-state index is 12.5. The van der Waals surface area contributed by atoms with Crippen LogP contribution in [-0.4, -0.2) is 60.4 Å². The number of benzene rings is 1. The van der Waals surface area contributed by atoms with Gasteiger partial charge < -0.3 is 31.2 Å². The zero-order valence-corrected chi connectivity index (χ0v) is 20.2. The molecule has 192 valence electrons. The molecule has 2 rings (SSSR count). The molecule has 1 fully saturated rings. The molecule has 5 atom stereocenters. The molecule has 2 unspecified atom stereocenters. The van der Waals surface area contributed by atoms with E-state index < -0.39 is 41.9 Å². The fourth-order valence-electron chi connectivity index (χ4n) is 3.26. The molecule has 11 heteroatoms. The minimum atomic E-state index is -1.10. The molecule has 1 aromatic carbocycles. The van der Waals surface area contributed by atoms with Crippen LogP contribution in [0, 0.1) is 5.92 Å². The second-order valence-corrected chi connectivity index (χ2v) is 8.66. The van der Waals surface area contributed by atoms with E-state index in [-0.39, 0.29) is 37.3 Å².